The van der Waals surface area contributed by atoms with E-state index in [1.807, 2.05) is 29.2 Å². The number of likely N-dealkylation sites (tertiary alicyclic amines) is 1. The van der Waals surface area contributed by atoms with Crippen molar-refractivity contribution in [2.24, 2.45) is 11.8 Å². The Morgan fingerprint density at radius 3 is 2.00 bits per heavy atom. The van der Waals surface area contributed by atoms with Crippen molar-refractivity contribution in [2.75, 3.05) is 46.4 Å². The third-order valence-corrected chi connectivity index (χ3v) is 7.39. The van der Waals surface area contributed by atoms with Gasteiger partial charge in [-0.15, -0.1) is 0 Å². The molecule has 8 nitrogen and oxygen atoms in total. The molecule has 0 saturated carbocycles. The van der Waals surface area contributed by atoms with Crippen LogP contribution in [0, 0.1) is 11.8 Å². The quantitative estimate of drug-likeness (QED) is 0.563. The summed E-state index contributed by atoms with van der Waals surface area (Å²) in [6.07, 6.45) is 2.79. The molecule has 2 amide bonds. The van der Waals surface area contributed by atoms with Crippen molar-refractivity contribution < 1.29 is 28.5 Å². The molecule has 2 aromatic carbocycles. The summed E-state index contributed by atoms with van der Waals surface area (Å²) in [6, 6.07) is 10.7. The molecule has 0 bridgehead atoms. The highest BCUT2D eigenvalue weighted by Gasteiger charge is 2.43. The highest BCUT2D eigenvalue weighted by Crippen LogP contribution is 2.46. The van der Waals surface area contributed by atoms with E-state index in [4.69, 9.17) is 18.9 Å². The summed E-state index contributed by atoms with van der Waals surface area (Å²) < 4.78 is 22.0. The Balaban J connectivity index is 1.81. The molecule has 2 fully saturated rings. The van der Waals surface area contributed by atoms with Crippen molar-refractivity contribution in [2.45, 2.75) is 38.6 Å². The number of carbonyl (C=O) groups excluding carboxylic acids is 2. The molecule has 4 rings (SSSR count). The Morgan fingerprint density at radius 1 is 0.861 bits per heavy atom. The molecule has 0 N–H and O–H groups in total. The molecule has 0 aliphatic carbocycles. The summed E-state index contributed by atoms with van der Waals surface area (Å²) in [5.41, 5.74) is 1.47. The lowest BCUT2D eigenvalue weighted by molar-refractivity contribution is -0.139. The van der Waals surface area contributed by atoms with Gasteiger partial charge in [-0.25, -0.2) is 0 Å². The van der Waals surface area contributed by atoms with Crippen LogP contribution in [0.3, 0.4) is 0 Å². The van der Waals surface area contributed by atoms with Gasteiger partial charge in [0.15, 0.2) is 11.5 Å². The highest BCUT2D eigenvalue weighted by atomic mass is 16.5. The first-order valence-corrected chi connectivity index (χ1v) is 12.5. The molecule has 2 saturated heterocycles. The largest absolute Gasteiger partial charge is 0.497 e. The molecule has 0 radical (unpaired) electrons. The average Bonchev–Trinajstić information content (AvgIpc) is 2.92. The molecule has 2 aliphatic rings. The Bertz CT molecular complexity index is 1050. The van der Waals surface area contributed by atoms with Gasteiger partial charge in [0, 0.05) is 31.6 Å². The van der Waals surface area contributed by atoms with Crippen LogP contribution in [0.2, 0.25) is 0 Å². The number of piperidine rings is 2. The molecule has 2 aliphatic heterocycles. The molecular weight excluding hydrogens is 460 g/mol. The van der Waals surface area contributed by atoms with Crippen LogP contribution in [-0.4, -0.2) is 58.2 Å². The Kier molecular flexibility index (Phi) is 7.91. The normalized spacial score (nSPS) is 20.8. The molecule has 194 valence electrons. The zero-order valence-electron chi connectivity index (χ0n) is 21.8. The van der Waals surface area contributed by atoms with Crippen LogP contribution in [0.25, 0.3) is 0 Å². The van der Waals surface area contributed by atoms with Crippen molar-refractivity contribution in [3.8, 4) is 23.0 Å². The smallest absolute Gasteiger partial charge is 0.228 e. The molecule has 2 unspecified atom stereocenters. The number of amides is 2. The molecule has 8 heteroatoms. The number of hydrogen-bond donors (Lipinski definition) is 0. The summed E-state index contributed by atoms with van der Waals surface area (Å²) in [5, 5.41) is 0. The maximum atomic E-state index is 13.9. The maximum absolute atomic E-state index is 13.9. The summed E-state index contributed by atoms with van der Waals surface area (Å²) in [7, 11) is 6.25. The van der Waals surface area contributed by atoms with Gasteiger partial charge in [-0.3, -0.25) is 9.59 Å². The van der Waals surface area contributed by atoms with E-state index in [-0.39, 0.29) is 24.2 Å². The second kappa shape index (κ2) is 11.1. The Labute approximate surface area is 213 Å². The van der Waals surface area contributed by atoms with Crippen LogP contribution in [0.1, 0.15) is 44.2 Å². The molecule has 2 atom stereocenters. The second-order valence-electron chi connectivity index (χ2n) is 9.52. The predicted octanol–water partition coefficient (Wildman–Crippen LogP) is 4.46. The lowest BCUT2D eigenvalue weighted by Crippen LogP contribution is -2.50. The number of methoxy groups -OCH3 is 4. The minimum atomic E-state index is -0.480. The lowest BCUT2D eigenvalue weighted by Gasteiger charge is -2.43. The van der Waals surface area contributed by atoms with Gasteiger partial charge in [-0.2, -0.15) is 0 Å². The van der Waals surface area contributed by atoms with Crippen LogP contribution >= 0.6 is 0 Å². The van der Waals surface area contributed by atoms with Gasteiger partial charge in [-0.05, 0) is 42.9 Å². The van der Waals surface area contributed by atoms with E-state index >= 15 is 0 Å². The van der Waals surface area contributed by atoms with E-state index < -0.39 is 6.04 Å². The van der Waals surface area contributed by atoms with Gasteiger partial charge >= 0.3 is 0 Å². The summed E-state index contributed by atoms with van der Waals surface area (Å²) in [6.45, 7) is 3.74. The molecule has 0 aromatic heterocycles. The topological polar surface area (TPSA) is 77.5 Å². The lowest BCUT2D eigenvalue weighted by atomic mass is 9.82. The van der Waals surface area contributed by atoms with E-state index in [9.17, 15) is 9.59 Å². The number of carbonyl (C=O) groups is 2. The van der Waals surface area contributed by atoms with E-state index in [0.717, 1.165) is 31.5 Å². The van der Waals surface area contributed by atoms with Gasteiger partial charge in [0.2, 0.25) is 17.6 Å². The van der Waals surface area contributed by atoms with E-state index in [1.54, 1.807) is 45.5 Å². The molecule has 0 spiro atoms. The van der Waals surface area contributed by atoms with Crippen LogP contribution in [0.5, 0.6) is 23.0 Å². The fourth-order valence-electron chi connectivity index (χ4n) is 5.31. The van der Waals surface area contributed by atoms with Gasteiger partial charge < -0.3 is 28.7 Å². The fraction of sp³-hybridized carbons (Fsp3) is 0.500. The first-order chi connectivity index (χ1) is 17.4. The van der Waals surface area contributed by atoms with Crippen LogP contribution < -0.4 is 23.8 Å². The zero-order valence-corrected chi connectivity index (χ0v) is 21.8. The van der Waals surface area contributed by atoms with E-state index in [0.29, 0.717) is 41.0 Å². The molecule has 2 aromatic rings. The van der Waals surface area contributed by atoms with Crippen molar-refractivity contribution >= 4 is 17.5 Å². The van der Waals surface area contributed by atoms with Crippen LogP contribution in [-0.2, 0) is 9.59 Å². The number of nitrogens with zero attached hydrogens (tertiary/aromatic N) is 2. The van der Waals surface area contributed by atoms with Gasteiger partial charge in [0.1, 0.15) is 5.75 Å². The van der Waals surface area contributed by atoms with Crippen molar-refractivity contribution in [3.63, 3.8) is 0 Å². The monoisotopic (exact) mass is 496 g/mol. The van der Waals surface area contributed by atoms with Crippen molar-refractivity contribution in [3.05, 3.63) is 42.0 Å². The third kappa shape index (κ3) is 4.94. The Hall–Kier alpha value is -3.42. The van der Waals surface area contributed by atoms with Crippen LogP contribution in [0.4, 0.5) is 5.69 Å². The Morgan fingerprint density at radius 2 is 1.47 bits per heavy atom. The van der Waals surface area contributed by atoms with E-state index in [1.165, 1.54) is 0 Å². The summed E-state index contributed by atoms with van der Waals surface area (Å²) in [4.78, 5) is 31.1. The summed E-state index contributed by atoms with van der Waals surface area (Å²) in [5.74, 6) is 2.36. The summed E-state index contributed by atoms with van der Waals surface area (Å²) >= 11 is 0. The van der Waals surface area contributed by atoms with Crippen molar-refractivity contribution in [1.29, 1.82) is 0 Å². The van der Waals surface area contributed by atoms with Crippen LogP contribution in [0.15, 0.2) is 36.4 Å². The minimum absolute atomic E-state index is 0.0543. The van der Waals surface area contributed by atoms with Gasteiger partial charge in [0.05, 0.1) is 46.1 Å². The predicted molar refractivity (Wildman–Crippen MR) is 137 cm³/mol. The minimum Gasteiger partial charge on any atom is -0.497 e. The highest BCUT2D eigenvalue weighted by molar-refractivity contribution is 5.98. The molecule has 36 heavy (non-hydrogen) atoms. The van der Waals surface area contributed by atoms with Crippen molar-refractivity contribution in [1.82, 2.24) is 4.90 Å². The van der Waals surface area contributed by atoms with E-state index in [2.05, 4.69) is 6.92 Å². The fourth-order valence-corrected chi connectivity index (χ4v) is 5.31. The SMILES string of the molecule is COc1ccc(C2C(C(=O)N3CCC(C)CC3)CCC(=O)N2c2cc(OC)c(OC)c(OC)c2)cc1. The second-order valence-corrected chi connectivity index (χ2v) is 9.52. The molecular formula is C28H36N2O6. The maximum Gasteiger partial charge on any atom is 0.228 e. The van der Waals surface area contributed by atoms with Gasteiger partial charge in [-0.1, -0.05) is 19.1 Å². The zero-order chi connectivity index (χ0) is 25.8. The number of hydrogen-bond acceptors (Lipinski definition) is 6. The molecule has 2 heterocycles. The number of rotatable bonds is 7. The number of anilines is 1. The average molecular weight is 497 g/mol. The number of benzene rings is 2. The standard InChI is InChI=1S/C28H36N2O6/c1-18-12-14-29(15-13-18)28(32)22-10-11-25(31)30(26(22)19-6-8-21(33-2)9-7-19)20-16-23(34-3)27(36-5)24(17-20)35-4/h6-9,16-18,22,26H,10-15H2,1-5H3. The third-order valence-electron chi connectivity index (χ3n) is 7.39. The van der Waals surface area contributed by atoms with Gasteiger partial charge in [0.25, 0.3) is 0 Å². The first-order valence-electron chi connectivity index (χ1n) is 12.5. The number of ether oxygens (including phenoxy) is 4. The first kappa shape index (κ1) is 25.7.